The lowest BCUT2D eigenvalue weighted by molar-refractivity contribution is 0.274. The van der Waals surface area contributed by atoms with Crippen LogP contribution in [0.3, 0.4) is 0 Å². The number of nitrogens with two attached hydrogens (primary N) is 1. The fourth-order valence-corrected chi connectivity index (χ4v) is 2.27. The number of aryl methyl sites for hydroxylation is 1. The second-order valence-corrected chi connectivity index (χ2v) is 4.86. The van der Waals surface area contributed by atoms with Crippen LogP contribution in [0.5, 0.6) is 5.75 Å². The van der Waals surface area contributed by atoms with E-state index in [-0.39, 0.29) is 0 Å². The van der Waals surface area contributed by atoms with E-state index in [0.29, 0.717) is 13.2 Å². The van der Waals surface area contributed by atoms with E-state index in [1.807, 2.05) is 55.5 Å². The molecule has 3 heteroatoms. The van der Waals surface area contributed by atoms with E-state index in [2.05, 4.69) is 0 Å². The van der Waals surface area contributed by atoms with Gasteiger partial charge in [0.2, 0.25) is 0 Å². The third-order valence-electron chi connectivity index (χ3n) is 3.27. The molecule has 0 aliphatic carbocycles. The van der Waals surface area contributed by atoms with Gasteiger partial charge in [-0.15, -0.1) is 0 Å². The van der Waals surface area contributed by atoms with Crippen LogP contribution < -0.4 is 10.5 Å². The predicted molar refractivity (Wildman–Crippen MR) is 79.6 cm³/mol. The lowest BCUT2D eigenvalue weighted by atomic mass is 10.1. The molecule has 0 unspecified atom stereocenters. The average Bonchev–Trinajstić information content (AvgIpc) is 2.88. The van der Waals surface area contributed by atoms with Crippen LogP contribution in [0.15, 0.2) is 52.9 Å². The highest BCUT2D eigenvalue weighted by Gasteiger charge is 2.07. The molecule has 3 nitrogen and oxygen atoms in total. The van der Waals surface area contributed by atoms with E-state index in [4.69, 9.17) is 14.9 Å². The molecule has 0 aliphatic rings. The number of furan rings is 1. The van der Waals surface area contributed by atoms with Crippen molar-refractivity contribution in [2.45, 2.75) is 20.1 Å². The molecule has 20 heavy (non-hydrogen) atoms. The van der Waals surface area contributed by atoms with Crippen LogP contribution in [-0.4, -0.2) is 0 Å². The van der Waals surface area contributed by atoms with Crippen molar-refractivity contribution in [2.24, 2.45) is 5.73 Å². The molecule has 3 aromatic rings. The minimum absolute atomic E-state index is 0.419. The summed E-state index contributed by atoms with van der Waals surface area (Å²) in [5.41, 5.74) is 8.77. The molecule has 0 saturated heterocycles. The van der Waals surface area contributed by atoms with Crippen LogP contribution >= 0.6 is 0 Å². The maximum Gasteiger partial charge on any atom is 0.146 e. The molecule has 0 spiro atoms. The lowest BCUT2D eigenvalue weighted by Crippen LogP contribution is -1.95. The first-order chi connectivity index (χ1) is 9.76. The number of rotatable bonds is 4. The van der Waals surface area contributed by atoms with E-state index < -0.39 is 0 Å². The van der Waals surface area contributed by atoms with Gasteiger partial charge >= 0.3 is 0 Å². The van der Waals surface area contributed by atoms with E-state index >= 15 is 0 Å². The van der Waals surface area contributed by atoms with E-state index in [0.717, 1.165) is 28.0 Å². The van der Waals surface area contributed by atoms with Crippen molar-refractivity contribution >= 4 is 11.0 Å². The minimum Gasteiger partial charge on any atom is -0.486 e. The smallest absolute Gasteiger partial charge is 0.146 e. The second-order valence-electron chi connectivity index (χ2n) is 4.86. The highest BCUT2D eigenvalue weighted by molar-refractivity contribution is 5.81. The largest absolute Gasteiger partial charge is 0.486 e. The van der Waals surface area contributed by atoms with Crippen LogP contribution in [0.4, 0.5) is 0 Å². The van der Waals surface area contributed by atoms with Gasteiger partial charge in [-0.1, -0.05) is 30.3 Å². The number of para-hydroxylation sites is 1. The molecule has 2 aromatic carbocycles. The fraction of sp³-hybridized carbons (Fsp3) is 0.176. The first-order valence-electron chi connectivity index (χ1n) is 6.66. The van der Waals surface area contributed by atoms with Gasteiger partial charge in [-0.25, -0.2) is 0 Å². The number of fused-ring (bicyclic) bond motifs is 1. The summed E-state index contributed by atoms with van der Waals surface area (Å²) in [7, 11) is 0. The Morgan fingerprint density at radius 3 is 2.75 bits per heavy atom. The number of hydrogen-bond donors (Lipinski definition) is 1. The molecule has 0 atom stereocenters. The van der Waals surface area contributed by atoms with Crippen molar-refractivity contribution in [3.8, 4) is 5.75 Å². The van der Waals surface area contributed by atoms with Gasteiger partial charge in [0.1, 0.15) is 23.7 Å². The van der Waals surface area contributed by atoms with Crippen molar-refractivity contribution in [3.05, 3.63) is 65.4 Å². The van der Waals surface area contributed by atoms with Gasteiger partial charge < -0.3 is 14.9 Å². The number of benzene rings is 2. The molecule has 102 valence electrons. The van der Waals surface area contributed by atoms with Crippen LogP contribution in [0.2, 0.25) is 0 Å². The van der Waals surface area contributed by atoms with Crippen molar-refractivity contribution in [1.82, 2.24) is 0 Å². The summed E-state index contributed by atoms with van der Waals surface area (Å²) in [5.74, 6) is 1.66. The lowest BCUT2D eigenvalue weighted by Gasteiger charge is -2.04. The summed E-state index contributed by atoms with van der Waals surface area (Å²) < 4.78 is 11.6. The Bertz CT molecular complexity index is 731. The number of hydrogen-bond acceptors (Lipinski definition) is 3. The topological polar surface area (TPSA) is 48.4 Å². The standard InChI is InChI=1S/C17H17NO2/c1-12-4-2-7-15(8-12)19-11-16-9-13-5-3-6-14(10-18)17(13)20-16/h2-9H,10-11,18H2,1H3. The highest BCUT2D eigenvalue weighted by Crippen LogP contribution is 2.24. The first kappa shape index (κ1) is 12.8. The maximum absolute atomic E-state index is 5.84. The molecule has 2 N–H and O–H groups in total. The van der Waals surface area contributed by atoms with Crippen LogP contribution in [0.1, 0.15) is 16.9 Å². The zero-order chi connectivity index (χ0) is 13.9. The first-order valence-corrected chi connectivity index (χ1v) is 6.66. The molecule has 0 fully saturated rings. The Labute approximate surface area is 118 Å². The summed E-state index contributed by atoms with van der Waals surface area (Å²) in [6.07, 6.45) is 0. The molecule has 0 bridgehead atoms. The zero-order valence-corrected chi connectivity index (χ0v) is 11.4. The highest BCUT2D eigenvalue weighted by atomic mass is 16.5. The zero-order valence-electron chi connectivity index (χ0n) is 11.4. The molecule has 1 heterocycles. The monoisotopic (exact) mass is 267 g/mol. The number of ether oxygens (including phenoxy) is 1. The summed E-state index contributed by atoms with van der Waals surface area (Å²) >= 11 is 0. The minimum atomic E-state index is 0.419. The Morgan fingerprint density at radius 2 is 1.95 bits per heavy atom. The molecule has 0 amide bonds. The van der Waals surface area contributed by atoms with E-state index in [1.165, 1.54) is 5.56 Å². The second kappa shape index (κ2) is 5.39. The molecule has 0 saturated carbocycles. The van der Waals surface area contributed by atoms with Crippen LogP contribution in [0, 0.1) is 6.92 Å². The summed E-state index contributed by atoms with van der Waals surface area (Å²) in [4.78, 5) is 0. The SMILES string of the molecule is Cc1cccc(OCc2cc3cccc(CN)c3o2)c1. The molecule has 0 aliphatic heterocycles. The third kappa shape index (κ3) is 2.53. The summed E-state index contributed by atoms with van der Waals surface area (Å²) in [6, 6.07) is 16.0. The normalized spacial score (nSPS) is 10.9. The van der Waals surface area contributed by atoms with E-state index in [9.17, 15) is 0 Å². The third-order valence-corrected chi connectivity index (χ3v) is 3.27. The van der Waals surface area contributed by atoms with E-state index in [1.54, 1.807) is 0 Å². The van der Waals surface area contributed by atoms with Gasteiger partial charge in [0.25, 0.3) is 0 Å². The van der Waals surface area contributed by atoms with Crippen molar-refractivity contribution in [1.29, 1.82) is 0 Å². The molecular formula is C17H17NO2. The van der Waals surface area contributed by atoms with Gasteiger partial charge in [0.15, 0.2) is 0 Å². The van der Waals surface area contributed by atoms with Crippen LogP contribution in [-0.2, 0) is 13.2 Å². The molecule has 1 aromatic heterocycles. The molecule has 3 rings (SSSR count). The van der Waals surface area contributed by atoms with Crippen molar-refractivity contribution in [3.63, 3.8) is 0 Å². The van der Waals surface area contributed by atoms with Gasteiger partial charge in [-0.2, -0.15) is 0 Å². The average molecular weight is 267 g/mol. The Morgan fingerprint density at radius 1 is 1.10 bits per heavy atom. The van der Waals surface area contributed by atoms with Gasteiger partial charge in [0, 0.05) is 17.5 Å². The Kier molecular flexibility index (Phi) is 3.44. The van der Waals surface area contributed by atoms with Crippen LogP contribution in [0.25, 0.3) is 11.0 Å². The Hall–Kier alpha value is -2.26. The molecular weight excluding hydrogens is 250 g/mol. The predicted octanol–water partition coefficient (Wildman–Crippen LogP) is 3.78. The quantitative estimate of drug-likeness (QED) is 0.782. The molecule has 0 radical (unpaired) electrons. The summed E-state index contributed by atoms with van der Waals surface area (Å²) in [5, 5.41) is 1.07. The van der Waals surface area contributed by atoms with Crippen molar-refractivity contribution < 1.29 is 9.15 Å². The summed E-state index contributed by atoms with van der Waals surface area (Å²) in [6.45, 7) is 2.94. The van der Waals surface area contributed by atoms with Gasteiger partial charge in [-0.05, 0) is 30.7 Å². The Balaban J connectivity index is 1.81. The van der Waals surface area contributed by atoms with Crippen molar-refractivity contribution in [2.75, 3.05) is 0 Å². The van der Waals surface area contributed by atoms with Gasteiger partial charge in [-0.3, -0.25) is 0 Å². The van der Waals surface area contributed by atoms with Gasteiger partial charge in [0.05, 0.1) is 0 Å². The fourth-order valence-electron chi connectivity index (χ4n) is 2.27. The maximum atomic E-state index is 5.84.